The van der Waals surface area contributed by atoms with Crippen molar-refractivity contribution >= 4 is 23.3 Å². The molecule has 0 aliphatic carbocycles. The van der Waals surface area contributed by atoms with Gasteiger partial charge in [-0.2, -0.15) is 0 Å². The van der Waals surface area contributed by atoms with Gasteiger partial charge < -0.3 is 10.1 Å². The molecular formula is C22H18N2O3. The molecule has 5 nitrogen and oxygen atoms in total. The third kappa shape index (κ3) is 4.27. The fourth-order valence-electron chi connectivity index (χ4n) is 2.59. The Labute approximate surface area is 156 Å². The van der Waals surface area contributed by atoms with Crippen molar-refractivity contribution in [3.8, 4) is 11.4 Å². The maximum absolute atomic E-state index is 10.9. The predicted octanol–water partition coefficient (Wildman–Crippen LogP) is 4.74. The summed E-state index contributed by atoms with van der Waals surface area (Å²) < 4.78 is 0. The smallest absolute Gasteiger partial charge is 0.335 e. The fraction of sp³-hybridized carbons (Fsp3) is 0.0455. The van der Waals surface area contributed by atoms with Crippen LogP contribution in [0.1, 0.15) is 26.3 Å². The number of H-pyrrole nitrogens is 1. The van der Waals surface area contributed by atoms with E-state index >= 15 is 0 Å². The van der Waals surface area contributed by atoms with Crippen molar-refractivity contribution in [2.45, 2.75) is 6.92 Å². The number of nitrogens with zero attached hydrogens (tertiary/aromatic N) is 1. The summed E-state index contributed by atoms with van der Waals surface area (Å²) in [4.78, 5) is 28.7. The first-order valence-corrected chi connectivity index (χ1v) is 8.38. The Kier molecular flexibility index (Phi) is 5.42. The van der Waals surface area contributed by atoms with Gasteiger partial charge in [-0.1, -0.05) is 54.6 Å². The van der Waals surface area contributed by atoms with Crippen LogP contribution in [0.5, 0.6) is 0 Å². The van der Waals surface area contributed by atoms with Crippen molar-refractivity contribution in [1.29, 1.82) is 0 Å². The summed E-state index contributed by atoms with van der Waals surface area (Å²) in [6, 6.07) is 22.1. The molecule has 1 heterocycles. The minimum atomic E-state index is -0.937. The van der Waals surface area contributed by atoms with Gasteiger partial charge in [-0.15, -0.1) is 0 Å². The van der Waals surface area contributed by atoms with Gasteiger partial charge >= 0.3 is 5.97 Å². The molecule has 1 aromatic heterocycles. The summed E-state index contributed by atoms with van der Waals surface area (Å²) in [6.45, 7) is 1.92. The lowest BCUT2D eigenvalue weighted by molar-refractivity contribution is 0.0697. The molecule has 0 aliphatic rings. The number of nitrogens with one attached hydrogen (secondary N) is 1. The van der Waals surface area contributed by atoms with Crippen LogP contribution in [0.4, 0.5) is 0 Å². The molecule has 4 aromatic rings. The number of aromatic amines is 1. The molecule has 4 rings (SSSR count). The molecular weight excluding hydrogens is 340 g/mol. The Hall–Kier alpha value is -3.73. The standard InChI is InChI=1S/C14H10N2O2.C8H8O/c17-14(18)10-6-7-11-12(8-10)16-13(15-11)9-4-2-1-3-5-9;1-7-4-2-3-5-8(7)6-9/h1-8H,(H,15,16)(H,17,18);2-6H,1H3. The van der Waals surface area contributed by atoms with E-state index in [1.165, 1.54) is 0 Å². The predicted molar refractivity (Wildman–Crippen MR) is 105 cm³/mol. The highest BCUT2D eigenvalue weighted by molar-refractivity contribution is 5.93. The molecule has 5 heteroatoms. The maximum atomic E-state index is 10.9. The highest BCUT2D eigenvalue weighted by Crippen LogP contribution is 2.21. The van der Waals surface area contributed by atoms with Crippen molar-refractivity contribution in [3.05, 3.63) is 89.5 Å². The average Bonchev–Trinajstić information content (AvgIpc) is 3.13. The van der Waals surface area contributed by atoms with E-state index in [1.807, 2.05) is 61.5 Å². The highest BCUT2D eigenvalue weighted by Gasteiger charge is 2.08. The molecule has 0 radical (unpaired) electrons. The van der Waals surface area contributed by atoms with Crippen LogP contribution >= 0.6 is 0 Å². The van der Waals surface area contributed by atoms with Crippen LogP contribution in [0, 0.1) is 6.92 Å². The second-order valence-corrected chi connectivity index (χ2v) is 5.96. The van der Waals surface area contributed by atoms with Crippen molar-refractivity contribution in [2.24, 2.45) is 0 Å². The third-order valence-electron chi connectivity index (χ3n) is 4.09. The van der Waals surface area contributed by atoms with E-state index in [-0.39, 0.29) is 5.56 Å². The van der Waals surface area contributed by atoms with Crippen LogP contribution < -0.4 is 0 Å². The van der Waals surface area contributed by atoms with Crippen LogP contribution in [0.15, 0.2) is 72.8 Å². The number of benzene rings is 3. The molecule has 0 amide bonds. The first kappa shape index (κ1) is 18.1. The second-order valence-electron chi connectivity index (χ2n) is 5.96. The van der Waals surface area contributed by atoms with Crippen LogP contribution in [-0.4, -0.2) is 27.3 Å². The largest absolute Gasteiger partial charge is 0.478 e. The SMILES string of the molecule is Cc1ccccc1C=O.O=C(O)c1ccc2nc(-c3ccccc3)[nH]c2c1. The van der Waals surface area contributed by atoms with Gasteiger partial charge in [0.1, 0.15) is 12.1 Å². The fourth-order valence-corrected chi connectivity index (χ4v) is 2.59. The maximum Gasteiger partial charge on any atom is 0.335 e. The van der Waals surface area contributed by atoms with E-state index < -0.39 is 5.97 Å². The second kappa shape index (κ2) is 8.10. The van der Waals surface area contributed by atoms with Gasteiger partial charge in [-0.3, -0.25) is 4.79 Å². The molecule has 0 saturated heterocycles. The molecule has 134 valence electrons. The van der Waals surface area contributed by atoms with Gasteiger partial charge in [0.05, 0.1) is 16.6 Å². The zero-order valence-corrected chi connectivity index (χ0v) is 14.7. The van der Waals surface area contributed by atoms with E-state index in [1.54, 1.807) is 18.2 Å². The molecule has 27 heavy (non-hydrogen) atoms. The number of hydrogen-bond donors (Lipinski definition) is 2. The minimum absolute atomic E-state index is 0.255. The lowest BCUT2D eigenvalue weighted by Gasteiger charge is -1.93. The molecule has 0 fully saturated rings. The van der Waals surface area contributed by atoms with Gasteiger partial charge in [0, 0.05) is 11.1 Å². The number of aldehydes is 1. The van der Waals surface area contributed by atoms with Gasteiger partial charge in [0.25, 0.3) is 0 Å². The van der Waals surface area contributed by atoms with Crippen LogP contribution in [-0.2, 0) is 0 Å². The zero-order chi connectivity index (χ0) is 19.2. The normalized spacial score (nSPS) is 10.1. The number of aryl methyl sites for hydroxylation is 1. The number of carboxylic acid groups (broad SMARTS) is 1. The first-order chi connectivity index (χ1) is 13.1. The van der Waals surface area contributed by atoms with Crippen molar-refractivity contribution in [2.75, 3.05) is 0 Å². The molecule has 0 bridgehead atoms. The Morgan fingerprint density at radius 2 is 1.70 bits per heavy atom. The van der Waals surface area contributed by atoms with Gasteiger partial charge in [-0.05, 0) is 30.7 Å². The van der Waals surface area contributed by atoms with Crippen LogP contribution in [0.2, 0.25) is 0 Å². The Morgan fingerprint density at radius 3 is 2.33 bits per heavy atom. The number of carbonyl (C=O) groups excluding carboxylic acids is 1. The summed E-state index contributed by atoms with van der Waals surface area (Å²) in [5.74, 6) is -0.194. The summed E-state index contributed by atoms with van der Waals surface area (Å²) in [5, 5.41) is 8.93. The summed E-state index contributed by atoms with van der Waals surface area (Å²) in [7, 11) is 0. The molecule has 2 N–H and O–H groups in total. The highest BCUT2D eigenvalue weighted by atomic mass is 16.4. The Morgan fingerprint density at radius 1 is 1.00 bits per heavy atom. The molecule has 3 aromatic carbocycles. The Balaban J connectivity index is 0.000000197. The first-order valence-electron chi connectivity index (χ1n) is 8.38. The van der Waals surface area contributed by atoms with Gasteiger partial charge in [0.15, 0.2) is 0 Å². The van der Waals surface area contributed by atoms with Crippen LogP contribution in [0.3, 0.4) is 0 Å². The lowest BCUT2D eigenvalue weighted by atomic mass is 10.1. The molecule has 0 atom stereocenters. The number of imidazole rings is 1. The number of fused-ring (bicyclic) bond motifs is 1. The number of rotatable bonds is 3. The van der Waals surface area contributed by atoms with Crippen LogP contribution in [0.25, 0.3) is 22.4 Å². The van der Waals surface area contributed by atoms with Gasteiger partial charge in [0.2, 0.25) is 0 Å². The van der Waals surface area contributed by atoms with E-state index in [0.29, 0.717) is 0 Å². The van der Waals surface area contributed by atoms with Crippen molar-refractivity contribution in [3.63, 3.8) is 0 Å². The quantitative estimate of drug-likeness (QED) is 0.518. The summed E-state index contributed by atoms with van der Waals surface area (Å²) in [5.41, 5.74) is 4.54. The summed E-state index contributed by atoms with van der Waals surface area (Å²) >= 11 is 0. The van der Waals surface area contributed by atoms with E-state index in [4.69, 9.17) is 5.11 Å². The van der Waals surface area contributed by atoms with Crippen molar-refractivity contribution < 1.29 is 14.7 Å². The number of aromatic nitrogens is 2. The molecule has 0 saturated carbocycles. The summed E-state index contributed by atoms with van der Waals surface area (Å²) in [6.07, 6.45) is 0.870. The van der Waals surface area contributed by atoms with E-state index in [9.17, 15) is 9.59 Å². The number of aromatic carboxylic acids is 1. The zero-order valence-electron chi connectivity index (χ0n) is 14.7. The molecule has 0 aliphatic heterocycles. The number of carboxylic acids is 1. The monoisotopic (exact) mass is 358 g/mol. The number of carbonyl (C=O) groups is 2. The minimum Gasteiger partial charge on any atom is -0.478 e. The van der Waals surface area contributed by atoms with Gasteiger partial charge in [-0.25, -0.2) is 9.78 Å². The Bertz CT molecular complexity index is 1090. The number of hydrogen-bond acceptors (Lipinski definition) is 3. The van der Waals surface area contributed by atoms with E-state index in [0.717, 1.165) is 39.8 Å². The molecule has 0 spiro atoms. The van der Waals surface area contributed by atoms with Crippen molar-refractivity contribution in [1.82, 2.24) is 9.97 Å². The third-order valence-corrected chi connectivity index (χ3v) is 4.09. The topological polar surface area (TPSA) is 83.1 Å². The van der Waals surface area contributed by atoms with E-state index in [2.05, 4.69) is 9.97 Å². The lowest BCUT2D eigenvalue weighted by Crippen LogP contribution is -1.94. The average molecular weight is 358 g/mol. The molecule has 0 unspecified atom stereocenters.